The number of esters is 1. The zero-order chi connectivity index (χ0) is 11.5. The van der Waals surface area contributed by atoms with E-state index in [0.717, 1.165) is 19.4 Å². The van der Waals surface area contributed by atoms with E-state index in [1.807, 2.05) is 0 Å². The molecule has 1 aromatic heterocycles. The summed E-state index contributed by atoms with van der Waals surface area (Å²) in [6, 6.07) is 0. The van der Waals surface area contributed by atoms with Crippen LogP contribution in [0.1, 0.15) is 12.8 Å². The number of aromatic nitrogens is 1. The molecule has 5 nitrogen and oxygen atoms in total. The number of thiazole rings is 1. The van der Waals surface area contributed by atoms with E-state index in [2.05, 4.69) is 9.73 Å². The first-order valence-corrected chi connectivity index (χ1v) is 5.88. The lowest BCUT2D eigenvalue weighted by Crippen LogP contribution is -2.31. The highest BCUT2D eigenvalue weighted by molar-refractivity contribution is 7.07. The van der Waals surface area contributed by atoms with Gasteiger partial charge in [-0.1, -0.05) is 11.3 Å². The van der Waals surface area contributed by atoms with Crippen LogP contribution >= 0.6 is 11.3 Å². The second-order valence-corrected chi connectivity index (χ2v) is 4.47. The summed E-state index contributed by atoms with van der Waals surface area (Å²) in [5, 5.41) is 0. The predicted molar refractivity (Wildman–Crippen MR) is 59.9 cm³/mol. The SMILES string of the molecule is COC(=O)/C=c1\sc2n(c1=O)CCCCN=2. The number of fused-ring (bicyclic) bond motifs is 1. The van der Waals surface area contributed by atoms with Gasteiger partial charge in [-0.3, -0.25) is 14.4 Å². The second-order valence-electron chi connectivity index (χ2n) is 3.46. The first kappa shape index (κ1) is 11.1. The Balaban J connectivity index is 2.59. The maximum absolute atomic E-state index is 11.9. The van der Waals surface area contributed by atoms with E-state index in [1.54, 1.807) is 4.57 Å². The Labute approximate surface area is 95.7 Å². The first-order valence-electron chi connectivity index (χ1n) is 5.06. The van der Waals surface area contributed by atoms with Gasteiger partial charge in [-0.15, -0.1) is 0 Å². The van der Waals surface area contributed by atoms with Crippen molar-refractivity contribution in [2.24, 2.45) is 4.99 Å². The maximum Gasteiger partial charge on any atom is 0.332 e. The molecule has 6 heteroatoms. The summed E-state index contributed by atoms with van der Waals surface area (Å²) in [6.07, 6.45) is 3.18. The Morgan fingerprint density at radius 1 is 1.56 bits per heavy atom. The van der Waals surface area contributed by atoms with Crippen molar-refractivity contribution in [1.29, 1.82) is 0 Å². The lowest BCUT2D eigenvalue weighted by molar-refractivity contribution is -0.133. The van der Waals surface area contributed by atoms with Crippen LogP contribution in [0.25, 0.3) is 6.08 Å². The highest BCUT2D eigenvalue weighted by Gasteiger charge is 2.08. The second kappa shape index (κ2) is 4.61. The van der Waals surface area contributed by atoms with Gasteiger partial charge < -0.3 is 4.74 Å². The largest absolute Gasteiger partial charge is 0.466 e. The number of ether oxygens (including phenoxy) is 1. The standard InChI is InChI=1S/C10H12N2O3S/c1-15-8(13)6-7-9(14)12-5-3-2-4-11-10(12)16-7/h6H,2-5H2,1H3/b7-6-. The molecule has 0 saturated carbocycles. The van der Waals surface area contributed by atoms with Crippen molar-refractivity contribution < 1.29 is 9.53 Å². The average Bonchev–Trinajstić information content (AvgIpc) is 2.48. The number of rotatable bonds is 1. The van der Waals surface area contributed by atoms with Crippen LogP contribution in [0.15, 0.2) is 9.79 Å². The lowest BCUT2D eigenvalue weighted by Gasteiger charge is -1.94. The molecule has 0 saturated heterocycles. The van der Waals surface area contributed by atoms with E-state index in [0.29, 0.717) is 15.9 Å². The Morgan fingerprint density at radius 3 is 3.12 bits per heavy atom. The number of nitrogens with zero attached hydrogens (tertiary/aromatic N) is 2. The molecule has 0 spiro atoms. The number of hydrogen-bond acceptors (Lipinski definition) is 5. The molecule has 0 unspecified atom stereocenters. The van der Waals surface area contributed by atoms with Crippen molar-refractivity contribution in [3.8, 4) is 0 Å². The smallest absolute Gasteiger partial charge is 0.332 e. The van der Waals surface area contributed by atoms with Gasteiger partial charge in [-0.2, -0.15) is 0 Å². The molecule has 0 amide bonds. The van der Waals surface area contributed by atoms with Crippen molar-refractivity contribution in [1.82, 2.24) is 4.57 Å². The number of hydrogen-bond donors (Lipinski definition) is 0. The molecule has 1 aliphatic heterocycles. The third-order valence-corrected chi connectivity index (χ3v) is 3.42. The fourth-order valence-corrected chi connectivity index (χ4v) is 2.53. The molecule has 0 radical (unpaired) electrons. The normalized spacial score (nSPS) is 16.2. The molecule has 1 aliphatic rings. The number of carbonyl (C=O) groups excluding carboxylic acids is 1. The van der Waals surface area contributed by atoms with Gasteiger partial charge in [0, 0.05) is 19.2 Å². The molecular formula is C10H12N2O3S. The molecule has 0 aliphatic carbocycles. The van der Waals surface area contributed by atoms with Gasteiger partial charge in [0.05, 0.1) is 7.11 Å². The quantitative estimate of drug-likeness (QED) is 0.608. The molecule has 86 valence electrons. The molecule has 0 aromatic carbocycles. The summed E-state index contributed by atoms with van der Waals surface area (Å²) < 4.78 is 6.53. The lowest BCUT2D eigenvalue weighted by atomic mass is 10.3. The van der Waals surface area contributed by atoms with Crippen LogP contribution in [0, 0.1) is 0 Å². The van der Waals surface area contributed by atoms with Crippen molar-refractivity contribution >= 4 is 23.4 Å². The summed E-state index contributed by atoms with van der Waals surface area (Å²) in [7, 11) is 1.29. The Morgan fingerprint density at radius 2 is 2.38 bits per heavy atom. The van der Waals surface area contributed by atoms with Crippen LogP contribution in [-0.4, -0.2) is 24.2 Å². The average molecular weight is 240 g/mol. The maximum atomic E-state index is 11.9. The Kier molecular flexibility index (Phi) is 3.19. The minimum Gasteiger partial charge on any atom is -0.466 e. The van der Waals surface area contributed by atoms with Gasteiger partial charge in [-0.05, 0) is 12.8 Å². The predicted octanol–water partition coefficient (Wildman–Crippen LogP) is -0.723. The summed E-state index contributed by atoms with van der Waals surface area (Å²) in [6.45, 7) is 1.43. The first-order chi connectivity index (χ1) is 7.72. The van der Waals surface area contributed by atoms with Crippen LogP contribution in [0.3, 0.4) is 0 Å². The Hall–Kier alpha value is -1.43. The van der Waals surface area contributed by atoms with E-state index in [-0.39, 0.29) is 5.56 Å². The van der Waals surface area contributed by atoms with Crippen molar-refractivity contribution in [3.63, 3.8) is 0 Å². The highest BCUT2D eigenvalue weighted by Crippen LogP contribution is 1.95. The highest BCUT2D eigenvalue weighted by atomic mass is 32.1. The zero-order valence-electron chi connectivity index (χ0n) is 8.93. The summed E-state index contributed by atoms with van der Waals surface area (Å²) in [4.78, 5) is 28.0. The molecule has 16 heavy (non-hydrogen) atoms. The third kappa shape index (κ3) is 2.06. The van der Waals surface area contributed by atoms with Crippen LogP contribution in [0.4, 0.5) is 0 Å². The van der Waals surface area contributed by atoms with Crippen LogP contribution in [0.5, 0.6) is 0 Å². The van der Waals surface area contributed by atoms with Crippen molar-refractivity contribution in [2.75, 3.05) is 13.7 Å². The molecule has 2 rings (SSSR count). The summed E-state index contributed by atoms with van der Waals surface area (Å²) in [5.74, 6) is -0.505. The topological polar surface area (TPSA) is 60.7 Å². The van der Waals surface area contributed by atoms with Gasteiger partial charge >= 0.3 is 5.97 Å². The molecule has 2 heterocycles. The Bertz CT molecular complexity index is 570. The molecule has 0 fully saturated rings. The van der Waals surface area contributed by atoms with Gasteiger partial charge in [0.25, 0.3) is 5.56 Å². The van der Waals surface area contributed by atoms with E-state index in [4.69, 9.17) is 0 Å². The molecular weight excluding hydrogens is 228 g/mol. The third-order valence-electron chi connectivity index (χ3n) is 2.38. The van der Waals surface area contributed by atoms with Gasteiger partial charge in [0.2, 0.25) is 0 Å². The molecule has 0 bridgehead atoms. The van der Waals surface area contributed by atoms with Gasteiger partial charge in [-0.25, -0.2) is 4.79 Å². The van der Waals surface area contributed by atoms with Gasteiger partial charge in [0.15, 0.2) is 4.80 Å². The molecule has 0 N–H and O–H groups in total. The van der Waals surface area contributed by atoms with Crippen LogP contribution in [0.2, 0.25) is 0 Å². The van der Waals surface area contributed by atoms with E-state index >= 15 is 0 Å². The van der Waals surface area contributed by atoms with E-state index in [1.165, 1.54) is 24.5 Å². The number of methoxy groups -OCH3 is 1. The van der Waals surface area contributed by atoms with E-state index < -0.39 is 5.97 Å². The van der Waals surface area contributed by atoms with E-state index in [9.17, 15) is 9.59 Å². The molecule has 0 atom stereocenters. The van der Waals surface area contributed by atoms with Crippen LogP contribution < -0.4 is 14.9 Å². The fraction of sp³-hybridized carbons (Fsp3) is 0.500. The van der Waals surface area contributed by atoms with Crippen molar-refractivity contribution in [2.45, 2.75) is 19.4 Å². The zero-order valence-corrected chi connectivity index (χ0v) is 9.75. The number of carbonyl (C=O) groups is 1. The minimum atomic E-state index is -0.505. The summed E-state index contributed by atoms with van der Waals surface area (Å²) in [5.41, 5.74) is -0.143. The minimum absolute atomic E-state index is 0.143. The monoisotopic (exact) mass is 240 g/mol. The van der Waals surface area contributed by atoms with Crippen LogP contribution in [-0.2, 0) is 16.1 Å². The fourth-order valence-electron chi connectivity index (χ4n) is 1.55. The molecule has 1 aromatic rings. The van der Waals surface area contributed by atoms with Gasteiger partial charge in [0.1, 0.15) is 4.53 Å². The van der Waals surface area contributed by atoms with Crippen molar-refractivity contribution in [3.05, 3.63) is 19.7 Å². The summed E-state index contributed by atoms with van der Waals surface area (Å²) >= 11 is 1.25.